The number of benzene rings is 1. The van der Waals surface area contributed by atoms with Crippen LogP contribution in [0, 0.1) is 5.92 Å². The normalized spacial score (nSPS) is 11.1. The van der Waals surface area contributed by atoms with E-state index in [0.29, 0.717) is 17.4 Å². The summed E-state index contributed by atoms with van der Waals surface area (Å²) in [5.74, 6) is 4.18. The van der Waals surface area contributed by atoms with E-state index in [1.807, 2.05) is 42.5 Å². The Morgan fingerprint density at radius 2 is 1.97 bits per heavy atom. The Balaban J connectivity index is 1.55. The zero-order valence-corrected chi connectivity index (χ0v) is 17.2. The maximum atomic E-state index is 6.02. The Morgan fingerprint density at radius 1 is 1.07 bits per heavy atom. The minimum absolute atomic E-state index is 0.459. The highest BCUT2D eigenvalue weighted by Gasteiger charge is 2.18. The lowest BCUT2D eigenvalue weighted by Crippen LogP contribution is -2.07. The van der Waals surface area contributed by atoms with Crippen LogP contribution in [0.1, 0.15) is 19.4 Å². The van der Waals surface area contributed by atoms with Gasteiger partial charge in [-0.15, -0.1) is 10.2 Å². The van der Waals surface area contributed by atoms with Crippen molar-refractivity contribution in [3.63, 3.8) is 0 Å². The molecule has 29 heavy (non-hydrogen) atoms. The van der Waals surface area contributed by atoms with Gasteiger partial charge in [-0.05, 0) is 36.2 Å². The third kappa shape index (κ3) is 4.68. The molecule has 4 rings (SSSR count). The maximum Gasteiger partial charge on any atom is 0.200 e. The molecule has 4 aromatic rings. The van der Waals surface area contributed by atoms with Crippen molar-refractivity contribution in [2.24, 2.45) is 5.92 Å². The van der Waals surface area contributed by atoms with Gasteiger partial charge >= 0.3 is 0 Å². The minimum Gasteiger partial charge on any atom is -0.461 e. The molecule has 0 N–H and O–H groups in total. The summed E-state index contributed by atoms with van der Waals surface area (Å²) in [5.41, 5.74) is 1.08. The smallest absolute Gasteiger partial charge is 0.200 e. The van der Waals surface area contributed by atoms with E-state index in [4.69, 9.17) is 9.15 Å². The second kappa shape index (κ2) is 8.96. The Hall–Kier alpha value is -3.06. The summed E-state index contributed by atoms with van der Waals surface area (Å²) in [6, 6.07) is 15.5. The van der Waals surface area contributed by atoms with Crippen LogP contribution in [0.4, 0.5) is 0 Å². The van der Waals surface area contributed by atoms with E-state index in [1.54, 1.807) is 30.4 Å². The molecular formula is C22H22N4O2S. The molecule has 0 amide bonds. The lowest BCUT2D eigenvalue weighted by molar-refractivity contribution is 0.476. The quantitative estimate of drug-likeness (QED) is 0.351. The fourth-order valence-electron chi connectivity index (χ4n) is 2.91. The average molecular weight is 407 g/mol. The van der Waals surface area contributed by atoms with Crippen molar-refractivity contribution in [2.45, 2.75) is 31.3 Å². The third-order valence-electron chi connectivity index (χ3n) is 4.20. The standard InChI is InChI=1S/C22H22N4O2S/c1-16(2)14-26-21(20-10-6-12-27-20)24-25-22(26)29-15-17-7-3-4-9-19(17)28-18-8-5-11-23-13-18/h3-13,16H,14-15H2,1-2H3. The van der Waals surface area contributed by atoms with E-state index in [0.717, 1.165) is 34.6 Å². The number of nitrogens with zero attached hydrogens (tertiary/aromatic N) is 4. The molecule has 0 saturated carbocycles. The highest BCUT2D eigenvalue weighted by atomic mass is 32.2. The molecule has 0 aliphatic carbocycles. The van der Waals surface area contributed by atoms with Crippen molar-refractivity contribution in [1.29, 1.82) is 0 Å². The highest BCUT2D eigenvalue weighted by Crippen LogP contribution is 2.32. The molecular weight excluding hydrogens is 384 g/mol. The number of aromatic nitrogens is 4. The van der Waals surface area contributed by atoms with Crippen LogP contribution in [0.15, 0.2) is 76.8 Å². The number of thioether (sulfide) groups is 1. The maximum absolute atomic E-state index is 6.02. The van der Waals surface area contributed by atoms with Crippen molar-refractivity contribution in [3.8, 4) is 23.1 Å². The van der Waals surface area contributed by atoms with Crippen LogP contribution in [-0.4, -0.2) is 19.7 Å². The number of hydrogen-bond acceptors (Lipinski definition) is 6. The zero-order valence-electron chi connectivity index (χ0n) is 16.4. The predicted molar refractivity (Wildman–Crippen MR) is 113 cm³/mol. The second-order valence-corrected chi connectivity index (χ2v) is 7.92. The van der Waals surface area contributed by atoms with Gasteiger partial charge in [0.25, 0.3) is 0 Å². The van der Waals surface area contributed by atoms with E-state index in [2.05, 4.69) is 39.7 Å². The molecule has 0 atom stereocenters. The van der Waals surface area contributed by atoms with Crippen molar-refractivity contribution in [3.05, 3.63) is 72.8 Å². The summed E-state index contributed by atoms with van der Waals surface area (Å²) < 4.78 is 13.7. The SMILES string of the molecule is CC(C)Cn1c(SCc2ccccc2Oc2cccnc2)nnc1-c1ccco1. The first-order valence-corrected chi connectivity index (χ1v) is 10.4. The summed E-state index contributed by atoms with van der Waals surface area (Å²) in [7, 11) is 0. The molecule has 0 aliphatic heterocycles. The van der Waals surface area contributed by atoms with E-state index in [-0.39, 0.29) is 0 Å². The van der Waals surface area contributed by atoms with Gasteiger partial charge < -0.3 is 9.15 Å². The molecule has 0 radical (unpaired) electrons. The molecule has 6 nitrogen and oxygen atoms in total. The van der Waals surface area contributed by atoms with E-state index in [9.17, 15) is 0 Å². The minimum atomic E-state index is 0.459. The molecule has 0 saturated heterocycles. The lowest BCUT2D eigenvalue weighted by Gasteiger charge is -2.13. The fourth-order valence-corrected chi connectivity index (χ4v) is 3.85. The Morgan fingerprint density at radius 3 is 2.72 bits per heavy atom. The van der Waals surface area contributed by atoms with Gasteiger partial charge in [-0.3, -0.25) is 9.55 Å². The molecule has 0 unspecified atom stereocenters. The molecule has 3 heterocycles. The van der Waals surface area contributed by atoms with Gasteiger partial charge in [0, 0.05) is 24.1 Å². The van der Waals surface area contributed by atoms with Crippen LogP contribution in [0.2, 0.25) is 0 Å². The highest BCUT2D eigenvalue weighted by molar-refractivity contribution is 7.98. The summed E-state index contributed by atoms with van der Waals surface area (Å²) in [6.07, 6.45) is 5.09. The monoisotopic (exact) mass is 406 g/mol. The first kappa shape index (κ1) is 19.3. The molecule has 0 spiro atoms. The predicted octanol–water partition coefficient (Wildman–Crippen LogP) is 5.67. The van der Waals surface area contributed by atoms with Gasteiger partial charge in [0.05, 0.1) is 12.5 Å². The van der Waals surface area contributed by atoms with Crippen LogP contribution < -0.4 is 4.74 Å². The fraction of sp³-hybridized carbons (Fsp3) is 0.227. The summed E-state index contributed by atoms with van der Waals surface area (Å²) in [5, 5.41) is 9.65. The van der Waals surface area contributed by atoms with Crippen molar-refractivity contribution in [2.75, 3.05) is 0 Å². The third-order valence-corrected chi connectivity index (χ3v) is 5.21. The van der Waals surface area contributed by atoms with Gasteiger partial charge in [-0.1, -0.05) is 43.8 Å². The first-order chi connectivity index (χ1) is 14.2. The Kier molecular flexibility index (Phi) is 5.95. The second-order valence-electron chi connectivity index (χ2n) is 6.98. The summed E-state index contributed by atoms with van der Waals surface area (Å²) >= 11 is 1.64. The number of furan rings is 1. The van der Waals surface area contributed by atoms with Crippen LogP contribution >= 0.6 is 11.8 Å². The molecule has 0 bridgehead atoms. The summed E-state index contributed by atoms with van der Waals surface area (Å²) in [6.45, 7) is 5.17. The molecule has 7 heteroatoms. The van der Waals surface area contributed by atoms with Crippen LogP contribution in [0.25, 0.3) is 11.6 Å². The van der Waals surface area contributed by atoms with Gasteiger partial charge in [0.15, 0.2) is 16.7 Å². The molecule has 0 fully saturated rings. The van der Waals surface area contributed by atoms with E-state index in [1.165, 1.54) is 0 Å². The number of hydrogen-bond donors (Lipinski definition) is 0. The Bertz CT molecular complexity index is 1050. The zero-order chi connectivity index (χ0) is 20.1. The van der Waals surface area contributed by atoms with Crippen LogP contribution in [-0.2, 0) is 12.3 Å². The van der Waals surface area contributed by atoms with Gasteiger partial charge in [-0.25, -0.2) is 0 Å². The molecule has 1 aromatic carbocycles. The summed E-state index contributed by atoms with van der Waals surface area (Å²) in [4.78, 5) is 4.11. The van der Waals surface area contributed by atoms with Crippen LogP contribution in [0.3, 0.4) is 0 Å². The van der Waals surface area contributed by atoms with Gasteiger partial charge in [0.2, 0.25) is 0 Å². The molecule has 3 aromatic heterocycles. The number of ether oxygens (including phenoxy) is 1. The Labute approximate surface area is 174 Å². The number of para-hydroxylation sites is 1. The van der Waals surface area contributed by atoms with Crippen molar-refractivity contribution in [1.82, 2.24) is 19.7 Å². The van der Waals surface area contributed by atoms with Crippen LogP contribution in [0.5, 0.6) is 11.5 Å². The van der Waals surface area contributed by atoms with E-state index < -0.39 is 0 Å². The molecule has 148 valence electrons. The van der Waals surface area contributed by atoms with Crippen molar-refractivity contribution >= 4 is 11.8 Å². The average Bonchev–Trinajstić information content (AvgIpc) is 3.38. The lowest BCUT2D eigenvalue weighted by atomic mass is 10.2. The van der Waals surface area contributed by atoms with Gasteiger partial charge in [0.1, 0.15) is 11.5 Å². The van der Waals surface area contributed by atoms with E-state index >= 15 is 0 Å². The van der Waals surface area contributed by atoms with Gasteiger partial charge in [-0.2, -0.15) is 0 Å². The first-order valence-electron chi connectivity index (χ1n) is 9.46. The topological polar surface area (TPSA) is 66.0 Å². The molecule has 0 aliphatic rings. The number of pyridine rings is 1. The number of rotatable bonds is 8. The largest absolute Gasteiger partial charge is 0.461 e. The van der Waals surface area contributed by atoms with Crippen molar-refractivity contribution < 1.29 is 9.15 Å².